The first-order chi connectivity index (χ1) is 12.2. The molecule has 4 nitrogen and oxygen atoms in total. The number of aryl methyl sites for hydroxylation is 2. The van der Waals surface area contributed by atoms with Gasteiger partial charge >= 0.3 is 0 Å². The molecule has 0 saturated heterocycles. The zero-order chi connectivity index (χ0) is 17.8. The van der Waals surface area contributed by atoms with Crippen molar-refractivity contribution in [2.45, 2.75) is 46.1 Å². The number of thiophene rings is 1. The molecule has 0 aliphatic heterocycles. The highest BCUT2D eigenvalue weighted by atomic mass is 32.1. The Kier molecular flexibility index (Phi) is 5.30. The van der Waals surface area contributed by atoms with E-state index in [0.29, 0.717) is 24.8 Å². The highest BCUT2D eigenvalue weighted by Crippen LogP contribution is 2.35. The minimum Gasteiger partial charge on any atom is -0.296 e. The van der Waals surface area contributed by atoms with Crippen LogP contribution in [0, 0.1) is 18.3 Å². The highest BCUT2D eigenvalue weighted by molar-refractivity contribution is 7.19. The number of nitriles is 1. The molecule has 3 aromatic rings. The molecular formula is C20H21N3OS. The maximum absolute atomic E-state index is 13.3. The zero-order valence-electron chi connectivity index (χ0n) is 14.6. The summed E-state index contributed by atoms with van der Waals surface area (Å²) < 4.78 is 1.78. The molecule has 0 fully saturated rings. The van der Waals surface area contributed by atoms with Gasteiger partial charge in [0.25, 0.3) is 5.56 Å². The van der Waals surface area contributed by atoms with Crippen LogP contribution in [0.2, 0.25) is 0 Å². The van der Waals surface area contributed by atoms with E-state index in [-0.39, 0.29) is 5.56 Å². The van der Waals surface area contributed by atoms with Crippen molar-refractivity contribution in [2.24, 2.45) is 0 Å². The smallest absolute Gasteiger partial charge is 0.262 e. The van der Waals surface area contributed by atoms with Gasteiger partial charge in [-0.2, -0.15) is 5.26 Å². The largest absolute Gasteiger partial charge is 0.296 e. The lowest BCUT2D eigenvalue weighted by Crippen LogP contribution is -2.25. The summed E-state index contributed by atoms with van der Waals surface area (Å²) in [6, 6.07) is 12.2. The van der Waals surface area contributed by atoms with E-state index in [1.54, 1.807) is 15.9 Å². The highest BCUT2D eigenvalue weighted by Gasteiger charge is 2.19. The van der Waals surface area contributed by atoms with Gasteiger partial charge in [-0.05, 0) is 25.3 Å². The summed E-state index contributed by atoms with van der Waals surface area (Å²) >= 11 is 1.59. The van der Waals surface area contributed by atoms with Gasteiger partial charge < -0.3 is 0 Å². The fraction of sp³-hybridized carbons (Fsp3) is 0.350. The number of hydrogen-bond donors (Lipinski definition) is 0. The van der Waals surface area contributed by atoms with Crippen LogP contribution in [-0.2, 0) is 13.0 Å². The molecule has 0 amide bonds. The van der Waals surface area contributed by atoms with Crippen LogP contribution < -0.4 is 5.56 Å². The molecule has 0 unspecified atom stereocenters. The van der Waals surface area contributed by atoms with Crippen LogP contribution in [-0.4, -0.2) is 9.55 Å². The molecule has 2 heterocycles. The quantitative estimate of drug-likeness (QED) is 0.605. The average Bonchev–Trinajstić information content (AvgIpc) is 2.95. The first-order valence-electron chi connectivity index (χ1n) is 8.62. The Morgan fingerprint density at radius 2 is 2.04 bits per heavy atom. The van der Waals surface area contributed by atoms with E-state index >= 15 is 0 Å². The van der Waals surface area contributed by atoms with E-state index in [4.69, 9.17) is 10.2 Å². The van der Waals surface area contributed by atoms with Gasteiger partial charge in [0.1, 0.15) is 10.7 Å². The maximum Gasteiger partial charge on any atom is 0.262 e. The third kappa shape index (κ3) is 3.35. The number of nitrogens with zero attached hydrogens (tertiary/aromatic N) is 3. The monoisotopic (exact) mass is 351 g/mol. The third-order valence-electron chi connectivity index (χ3n) is 4.27. The second-order valence-electron chi connectivity index (χ2n) is 6.08. The maximum atomic E-state index is 13.3. The predicted molar refractivity (Wildman–Crippen MR) is 103 cm³/mol. The van der Waals surface area contributed by atoms with E-state index < -0.39 is 0 Å². The van der Waals surface area contributed by atoms with E-state index in [9.17, 15) is 4.79 Å². The van der Waals surface area contributed by atoms with E-state index in [2.05, 4.69) is 13.0 Å². The van der Waals surface area contributed by atoms with Crippen LogP contribution in [0.15, 0.2) is 35.1 Å². The molecule has 128 valence electrons. The molecule has 0 radical (unpaired) electrons. The molecule has 1 aromatic carbocycles. The topological polar surface area (TPSA) is 58.7 Å². The normalized spacial score (nSPS) is 10.9. The zero-order valence-corrected chi connectivity index (χ0v) is 15.4. The SMILES string of the molecule is CCCc1nc2sc(C)c(-c3ccccc3)c2c(=O)n1CCCC#N. The number of aromatic nitrogens is 2. The first kappa shape index (κ1) is 17.4. The van der Waals surface area contributed by atoms with E-state index in [1.165, 1.54) is 0 Å². The van der Waals surface area contributed by atoms with Crippen molar-refractivity contribution in [3.05, 3.63) is 51.4 Å². The van der Waals surface area contributed by atoms with Crippen LogP contribution >= 0.6 is 11.3 Å². The van der Waals surface area contributed by atoms with Gasteiger partial charge in [-0.25, -0.2) is 4.98 Å². The molecule has 0 spiro atoms. The molecule has 0 bridgehead atoms. The van der Waals surface area contributed by atoms with Gasteiger partial charge in [-0.15, -0.1) is 11.3 Å². The van der Waals surface area contributed by atoms with Crippen molar-refractivity contribution in [2.75, 3.05) is 0 Å². The van der Waals surface area contributed by atoms with Crippen LogP contribution in [0.5, 0.6) is 0 Å². The van der Waals surface area contributed by atoms with Crippen molar-refractivity contribution < 1.29 is 0 Å². The lowest BCUT2D eigenvalue weighted by atomic mass is 10.0. The predicted octanol–water partition coefficient (Wildman–Crippen LogP) is 4.69. The summed E-state index contributed by atoms with van der Waals surface area (Å²) in [5, 5.41) is 9.52. The first-order valence-corrected chi connectivity index (χ1v) is 9.44. The Labute approximate surface area is 151 Å². The van der Waals surface area contributed by atoms with Crippen molar-refractivity contribution in [3.63, 3.8) is 0 Å². The van der Waals surface area contributed by atoms with Gasteiger partial charge in [0.2, 0.25) is 0 Å². The van der Waals surface area contributed by atoms with Crippen LogP contribution in [0.1, 0.15) is 36.9 Å². The van der Waals surface area contributed by atoms with Crippen molar-refractivity contribution in [3.8, 4) is 17.2 Å². The summed E-state index contributed by atoms with van der Waals surface area (Å²) in [7, 11) is 0. The molecule has 25 heavy (non-hydrogen) atoms. The standard InChI is InChI=1S/C20H21N3OS/c1-3-9-16-22-19-18(20(24)23(16)13-8-7-12-21)17(14(2)25-19)15-10-5-4-6-11-15/h4-6,10-11H,3,7-9,13H2,1-2H3. The summed E-state index contributed by atoms with van der Waals surface area (Å²) in [5.74, 6) is 0.832. The minimum absolute atomic E-state index is 0.0228. The third-order valence-corrected chi connectivity index (χ3v) is 5.27. The van der Waals surface area contributed by atoms with Crippen LogP contribution in [0.25, 0.3) is 21.3 Å². The van der Waals surface area contributed by atoms with Gasteiger partial charge in [0, 0.05) is 29.8 Å². The van der Waals surface area contributed by atoms with Gasteiger partial charge in [-0.1, -0.05) is 37.3 Å². The summed E-state index contributed by atoms with van der Waals surface area (Å²) in [6.45, 7) is 4.69. The molecule has 3 rings (SSSR count). The fourth-order valence-corrected chi connectivity index (χ4v) is 4.21. The molecule has 5 heteroatoms. The van der Waals surface area contributed by atoms with Gasteiger partial charge in [-0.3, -0.25) is 9.36 Å². The Morgan fingerprint density at radius 3 is 2.72 bits per heavy atom. The Bertz CT molecular complexity index is 980. The number of hydrogen-bond acceptors (Lipinski definition) is 4. The fourth-order valence-electron chi connectivity index (χ4n) is 3.15. The number of benzene rings is 1. The molecule has 2 aromatic heterocycles. The molecule has 0 saturated carbocycles. The molecule has 0 aliphatic rings. The Hall–Kier alpha value is -2.45. The second-order valence-corrected chi connectivity index (χ2v) is 7.28. The summed E-state index contributed by atoms with van der Waals surface area (Å²) in [5.41, 5.74) is 2.07. The van der Waals surface area contributed by atoms with Gasteiger partial charge in [0.15, 0.2) is 0 Å². The molecule has 0 atom stereocenters. The van der Waals surface area contributed by atoms with Crippen LogP contribution in [0.3, 0.4) is 0 Å². The Morgan fingerprint density at radius 1 is 1.28 bits per heavy atom. The molecule has 0 aliphatic carbocycles. The van der Waals surface area contributed by atoms with Crippen molar-refractivity contribution in [1.82, 2.24) is 9.55 Å². The lowest BCUT2D eigenvalue weighted by Gasteiger charge is -2.11. The number of fused-ring (bicyclic) bond motifs is 1. The van der Waals surface area contributed by atoms with Crippen LogP contribution in [0.4, 0.5) is 0 Å². The number of rotatable bonds is 6. The molecular weight excluding hydrogens is 330 g/mol. The second kappa shape index (κ2) is 7.62. The van der Waals surface area contributed by atoms with Crippen molar-refractivity contribution >= 4 is 21.6 Å². The van der Waals surface area contributed by atoms with E-state index in [0.717, 1.165) is 39.5 Å². The van der Waals surface area contributed by atoms with Gasteiger partial charge in [0.05, 0.1) is 11.5 Å². The lowest BCUT2D eigenvalue weighted by molar-refractivity contribution is 0.585. The van der Waals surface area contributed by atoms with E-state index in [1.807, 2.05) is 37.3 Å². The van der Waals surface area contributed by atoms with Crippen molar-refractivity contribution in [1.29, 1.82) is 5.26 Å². The Balaban J connectivity index is 2.24. The summed E-state index contributed by atoms with van der Waals surface area (Å²) in [4.78, 5) is 20.0. The number of unbranched alkanes of at least 4 members (excludes halogenated alkanes) is 1. The minimum atomic E-state index is 0.0228. The average molecular weight is 351 g/mol. The summed E-state index contributed by atoms with van der Waals surface area (Å²) in [6.07, 6.45) is 2.83. The molecule has 0 N–H and O–H groups in total.